The van der Waals surface area contributed by atoms with Gasteiger partial charge in [0.25, 0.3) is 5.91 Å². The predicted octanol–water partition coefficient (Wildman–Crippen LogP) is 4.37. The monoisotopic (exact) mass is 608 g/mol. The Bertz CT molecular complexity index is 1210. The van der Waals surface area contributed by atoms with Crippen molar-refractivity contribution >= 4 is 5.91 Å². The molecule has 1 N–H and O–H groups in total. The number of nitrogens with zero attached hydrogens (tertiary/aromatic N) is 3. The van der Waals surface area contributed by atoms with Crippen molar-refractivity contribution in [3.8, 4) is 11.6 Å². The van der Waals surface area contributed by atoms with Crippen LogP contribution in [-0.2, 0) is 14.2 Å². The second kappa shape index (κ2) is 14.2. The Kier molecular flexibility index (Phi) is 10.4. The number of aromatic nitrogens is 2. The molecule has 236 valence electrons. The molecule has 1 aromatic heterocycles. The number of carbonyl (C=O) groups excluding carboxylic acids is 1. The van der Waals surface area contributed by atoms with E-state index in [-0.39, 0.29) is 42.6 Å². The van der Waals surface area contributed by atoms with E-state index in [1.807, 2.05) is 4.90 Å². The van der Waals surface area contributed by atoms with Crippen molar-refractivity contribution in [2.75, 3.05) is 40.0 Å². The minimum Gasteiger partial charge on any atom is -0.475 e. The number of likely N-dealkylation sites (tertiary alicyclic amines) is 1. The third-order valence-corrected chi connectivity index (χ3v) is 8.32. The van der Waals surface area contributed by atoms with E-state index < -0.39 is 6.36 Å². The van der Waals surface area contributed by atoms with Crippen LogP contribution < -0.4 is 14.8 Å². The number of ether oxygens (including phenoxy) is 5. The molecule has 0 aliphatic carbocycles. The first-order chi connectivity index (χ1) is 20.7. The van der Waals surface area contributed by atoms with Crippen LogP contribution in [-0.4, -0.2) is 91.4 Å². The van der Waals surface area contributed by atoms with Crippen LogP contribution in [0, 0.1) is 6.92 Å². The van der Waals surface area contributed by atoms with Gasteiger partial charge in [-0.3, -0.25) is 4.79 Å². The molecule has 4 atom stereocenters. The fraction of sp³-hybridized carbons (Fsp3) is 0.633. The Morgan fingerprint density at radius 3 is 2.58 bits per heavy atom. The minimum atomic E-state index is -4.73. The molecule has 13 heteroatoms. The highest BCUT2D eigenvalue weighted by molar-refractivity contribution is 5.94. The Labute approximate surface area is 249 Å². The Morgan fingerprint density at radius 2 is 1.86 bits per heavy atom. The lowest BCUT2D eigenvalue weighted by Crippen LogP contribution is -2.54. The first-order valence-electron chi connectivity index (χ1n) is 14.8. The number of nitrogens with one attached hydrogen (secondary N) is 1. The van der Waals surface area contributed by atoms with Crippen molar-refractivity contribution in [2.24, 2.45) is 0 Å². The molecule has 3 fully saturated rings. The quantitative estimate of drug-likeness (QED) is 0.445. The summed E-state index contributed by atoms with van der Waals surface area (Å²) in [6.07, 6.45) is 1.10. The van der Waals surface area contributed by atoms with Gasteiger partial charge in [-0.15, -0.1) is 13.2 Å². The summed E-state index contributed by atoms with van der Waals surface area (Å²) in [5.41, 5.74) is 1.67. The Balaban J connectivity index is 1.12. The summed E-state index contributed by atoms with van der Waals surface area (Å²) in [4.78, 5) is 23.8. The summed E-state index contributed by atoms with van der Waals surface area (Å²) < 4.78 is 64.7. The molecule has 4 heterocycles. The lowest BCUT2D eigenvalue weighted by molar-refractivity contribution is -0.274. The van der Waals surface area contributed by atoms with Crippen molar-refractivity contribution in [3.63, 3.8) is 0 Å². The van der Waals surface area contributed by atoms with Crippen molar-refractivity contribution in [1.82, 2.24) is 20.2 Å². The zero-order valence-corrected chi connectivity index (χ0v) is 24.5. The molecule has 1 aromatic carbocycles. The van der Waals surface area contributed by atoms with Gasteiger partial charge in [0.2, 0.25) is 5.88 Å². The largest absolute Gasteiger partial charge is 0.573 e. The zero-order chi connectivity index (χ0) is 30.4. The molecule has 0 radical (unpaired) electrons. The summed E-state index contributed by atoms with van der Waals surface area (Å²) in [5, 5.41) is 3.70. The molecule has 3 aliphatic rings. The average molecular weight is 609 g/mol. The van der Waals surface area contributed by atoms with Gasteiger partial charge in [0, 0.05) is 44.5 Å². The lowest BCUT2D eigenvalue weighted by Gasteiger charge is -2.38. The summed E-state index contributed by atoms with van der Waals surface area (Å²) in [5.74, 6) is -0.0804. The topological polar surface area (TPSA) is 104 Å². The van der Waals surface area contributed by atoms with Crippen LogP contribution in [0.2, 0.25) is 0 Å². The molecule has 43 heavy (non-hydrogen) atoms. The number of piperidine rings is 1. The number of benzene rings is 1. The first kappa shape index (κ1) is 31.4. The molecule has 10 nitrogen and oxygen atoms in total. The molecular formula is C30H39F3N4O6. The molecule has 3 aliphatic heterocycles. The van der Waals surface area contributed by atoms with Gasteiger partial charge in [-0.25, -0.2) is 9.97 Å². The normalized spacial score (nSPS) is 25.4. The van der Waals surface area contributed by atoms with E-state index >= 15 is 0 Å². The van der Waals surface area contributed by atoms with Gasteiger partial charge >= 0.3 is 6.36 Å². The smallest absolute Gasteiger partial charge is 0.475 e. The first-order valence-corrected chi connectivity index (χ1v) is 14.8. The fourth-order valence-electron chi connectivity index (χ4n) is 5.95. The van der Waals surface area contributed by atoms with E-state index in [2.05, 4.69) is 20.0 Å². The highest BCUT2D eigenvalue weighted by Crippen LogP contribution is 2.33. The predicted molar refractivity (Wildman–Crippen MR) is 149 cm³/mol. The van der Waals surface area contributed by atoms with Gasteiger partial charge in [0.05, 0.1) is 24.9 Å². The van der Waals surface area contributed by atoms with Crippen molar-refractivity contribution in [3.05, 3.63) is 47.4 Å². The van der Waals surface area contributed by atoms with E-state index in [0.29, 0.717) is 42.9 Å². The Hall–Kier alpha value is -3.00. The van der Waals surface area contributed by atoms with Crippen molar-refractivity contribution < 1.29 is 41.7 Å². The third-order valence-electron chi connectivity index (χ3n) is 8.32. The van der Waals surface area contributed by atoms with Crippen molar-refractivity contribution in [1.29, 1.82) is 0 Å². The standard InChI is InChI=1S/C30H39F3N4O6/c1-19-27(29(38)37-13-10-21(11-14-37)36-24-12-15-40-17-26(24)39-2)34-18-35-28(19)41-16-23-4-3-5-25(42-23)20-6-8-22(9-7-20)43-30(31,32)33/h6-9,18,21,23-26,36H,3-5,10-17H2,1-2H3. The molecule has 1 amide bonds. The van der Waals surface area contributed by atoms with Crippen LogP contribution in [0.5, 0.6) is 11.6 Å². The summed E-state index contributed by atoms with van der Waals surface area (Å²) in [6, 6.07) is 6.30. The third kappa shape index (κ3) is 8.34. The maximum absolute atomic E-state index is 13.4. The van der Waals surface area contributed by atoms with E-state index in [4.69, 9.17) is 18.9 Å². The van der Waals surface area contributed by atoms with Crippen LogP contribution >= 0.6 is 0 Å². The average Bonchev–Trinajstić information content (AvgIpc) is 3.01. The van der Waals surface area contributed by atoms with Crippen LogP contribution in [0.3, 0.4) is 0 Å². The highest BCUT2D eigenvalue weighted by Gasteiger charge is 2.33. The van der Waals surface area contributed by atoms with Crippen molar-refractivity contribution in [2.45, 2.75) is 82.2 Å². The van der Waals surface area contributed by atoms with Gasteiger partial charge in [0.1, 0.15) is 24.4 Å². The molecule has 2 aromatic rings. The van der Waals surface area contributed by atoms with Gasteiger partial charge in [0.15, 0.2) is 0 Å². The van der Waals surface area contributed by atoms with E-state index in [0.717, 1.165) is 50.7 Å². The number of hydrogen-bond acceptors (Lipinski definition) is 9. The lowest BCUT2D eigenvalue weighted by atomic mass is 9.98. The summed E-state index contributed by atoms with van der Waals surface area (Å²) in [6.45, 7) is 4.56. The second-order valence-corrected chi connectivity index (χ2v) is 11.2. The highest BCUT2D eigenvalue weighted by atomic mass is 19.4. The van der Waals surface area contributed by atoms with Crippen LogP contribution in [0.25, 0.3) is 0 Å². The number of methoxy groups -OCH3 is 1. The number of carbonyl (C=O) groups is 1. The van der Waals surface area contributed by atoms with E-state index in [1.165, 1.54) is 18.5 Å². The maximum Gasteiger partial charge on any atom is 0.573 e. The van der Waals surface area contributed by atoms with Crippen LogP contribution in [0.4, 0.5) is 13.2 Å². The molecule has 0 spiro atoms. The summed E-state index contributed by atoms with van der Waals surface area (Å²) >= 11 is 0. The van der Waals surface area contributed by atoms with E-state index in [9.17, 15) is 18.0 Å². The zero-order valence-electron chi connectivity index (χ0n) is 24.5. The SMILES string of the molecule is COC1COCCC1NC1CCN(C(=O)c2ncnc(OCC3CCCC(c4ccc(OC(F)(F)F)cc4)O3)c2C)CC1. The van der Waals surface area contributed by atoms with E-state index in [1.54, 1.807) is 26.2 Å². The van der Waals surface area contributed by atoms with Gasteiger partial charge in [-0.2, -0.15) is 0 Å². The second-order valence-electron chi connectivity index (χ2n) is 11.2. The minimum absolute atomic E-state index is 0.0358. The maximum atomic E-state index is 13.4. The molecule has 0 bridgehead atoms. The molecule has 3 saturated heterocycles. The number of hydrogen-bond donors (Lipinski definition) is 1. The van der Waals surface area contributed by atoms with Gasteiger partial charge in [-0.05, 0) is 63.1 Å². The number of alkyl halides is 3. The number of rotatable bonds is 9. The molecular weight excluding hydrogens is 569 g/mol. The Morgan fingerprint density at radius 1 is 1.09 bits per heavy atom. The number of amides is 1. The fourth-order valence-corrected chi connectivity index (χ4v) is 5.95. The molecule has 4 unspecified atom stereocenters. The number of halogens is 3. The van der Waals surface area contributed by atoms with Crippen LogP contribution in [0.1, 0.15) is 66.2 Å². The summed E-state index contributed by atoms with van der Waals surface area (Å²) in [7, 11) is 1.71. The van der Waals surface area contributed by atoms with Crippen LogP contribution in [0.15, 0.2) is 30.6 Å². The molecule has 0 saturated carbocycles. The van der Waals surface area contributed by atoms with Gasteiger partial charge in [-0.1, -0.05) is 12.1 Å². The molecule has 5 rings (SSSR count). The van der Waals surface area contributed by atoms with Gasteiger partial charge < -0.3 is 33.9 Å².